The Hall–Kier alpha value is -1.65. The summed E-state index contributed by atoms with van der Waals surface area (Å²) in [5.41, 5.74) is 3.81. The molecule has 0 fully saturated rings. The number of aryl methyl sites for hydroxylation is 1. The third-order valence-electron chi connectivity index (χ3n) is 3.86. The minimum atomic E-state index is -0.527. The van der Waals surface area contributed by atoms with E-state index < -0.39 is 6.10 Å². The predicted molar refractivity (Wildman–Crippen MR) is 81.2 cm³/mol. The van der Waals surface area contributed by atoms with Crippen molar-refractivity contribution in [3.05, 3.63) is 51.2 Å². The first-order valence-corrected chi connectivity index (χ1v) is 7.60. The van der Waals surface area contributed by atoms with Gasteiger partial charge in [-0.15, -0.1) is 11.3 Å². The van der Waals surface area contributed by atoms with Gasteiger partial charge in [-0.25, -0.2) is 0 Å². The highest BCUT2D eigenvalue weighted by Crippen LogP contribution is 2.37. The summed E-state index contributed by atoms with van der Waals surface area (Å²) in [4.78, 5) is 12.9. The zero-order valence-corrected chi connectivity index (χ0v) is 12.3. The fourth-order valence-electron chi connectivity index (χ4n) is 2.66. The van der Waals surface area contributed by atoms with Crippen LogP contribution >= 0.6 is 11.3 Å². The molecule has 3 rings (SSSR count). The molecule has 4 heteroatoms. The summed E-state index contributed by atoms with van der Waals surface area (Å²) in [5.74, 6) is -0.106. The lowest BCUT2D eigenvalue weighted by Crippen LogP contribution is -2.08. The van der Waals surface area contributed by atoms with Gasteiger partial charge in [0.2, 0.25) is 5.91 Å². The molecule has 2 N–H and O–H groups in total. The van der Waals surface area contributed by atoms with Gasteiger partial charge in [0.25, 0.3) is 0 Å². The average molecular weight is 287 g/mol. The molecular weight excluding hydrogens is 270 g/mol. The molecule has 2 atom stereocenters. The highest BCUT2D eigenvalue weighted by atomic mass is 32.1. The fraction of sp³-hybridized carbons (Fsp3) is 0.312. The van der Waals surface area contributed by atoms with Crippen molar-refractivity contribution in [2.45, 2.75) is 32.3 Å². The number of hydrogen-bond donors (Lipinski definition) is 2. The van der Waals surface area contributed by atoms with E-state index in [0.29, 0.717) is 6.42 Å². The largest absolute Gasteiger partial charge is 0.388 e. The van der Waals surface area contributed by atoms with Gasteiger partial charge in [-0.2, -0.15) is 0 Å². The summed E-state index contributed by atoms with van der Waals surface area (Å²) in [6.07, 6.45) is 0.0894. The van der Waals surface area contributed by atoms with Gasteiger partial charge in [0.1, 0.15) is 0 Å². The van der Waals surface area contributed by atoms with Crippen LogP contribution in [0.3, 0.4) is 0 Å². The second-order valence-electron chi connectivity index (χ2n) is 5.31. The minimum Gasteiger partial charge on any atom is -0.388 e. The van der Waals surface area contributed by atoms with E-state index in [0.717, 1.165) is 27.3 Å². The molecule has 0 radical (unpaired) electrons. The molecule has 1 aromatic carbocycles. The van der Waals surface area contributed by atoms with E-state index in [1.54, 1.807) is 11.3 Å². The van der Waals surface area contributed by atoms with E-state index in [-0.39, 0.29) is 11.8 Å². The van der Waals surface area contributed by atoms with Crippen molar-refractivity contribution in [2.75, 3.05) is 5.32 Å². The van der Waals surface area contributed by atoms with Gasteiger partial charge in [-0.05, 0) is 42.0 Å². The molecule has 1 aliphatic heterocycles. The van der Waals surface area contributed by atoms with Crippen molar-refractivity contribution in [1.29, 1.82) is 0 Å². The molecule has 2 heterocycles. The monoisotopic (exact) mass is 287 g/mol. The fourth-order valence-corrected chi connectivity index (χ4v) is 3.40. The number of carbonyl (C=O) groups excluding carboxylic acids is 1. The second-order valence-corrected chi connectivity index (χ2v) is 6.34. The SMILES string of the molecule is Cc1cc(C(O)Cc2cccs2)cc2c1NC(=O)C2C. The van der Waals surface area contributed by atoms with Crippen LogP contribution < -0.4 is 5.32 Å². The van der Waals surface area contributed by atoms with Gasteiger partial charge < -0.3 is 10.4 Å². The van der Waals surface area contributed by atoms with Gasteiger partial charge in [0.15, 0.2) is 0 Å². The number of nitrogens with one attached hydrogen (secondary N) is 1. The number of rotatable bonds is 3. The molecule has 104 valence electrons. The lowest BCUT2D eigenvalue weighted by molar-refractivity contribution is -0.116. The minimum absolute atomic E-state index is 0.0352. The molecular formula is C16H17NO2S. The standard InChI is InChI=1S/C16H17NO2S/c1-9-6-11(14(18)8-12-4-3-5-20-12)7-13-10(2)16(19)17-15(9)13/h3-7,10,14,18H,8H2,1-2H3,(H,17,19). The maximum absolute atomic E-state index is 11.7. The van der Waals surface area contributed by atoms with Crippen LogP contribution in [-0.4, -0.2) is 11.0 Å². The zero-order valence-electron chi connectivity index (χ0n) is 11.5. The number of carbonyl (C=O) groups is 1. The Bertz CT molecular complexity index is 649. The van der Waals surface area contributed by atoms with Crippen LogP contribution in [0.4, 0.5) is 5.69 Å². The van der Waals surface area contributed by atoms with E-state index in [1.807, 2.05) is 43.5 Å². The summed E-state index contributed by atoms with van der Waals surface area (Å²) in [6, 6.07) is 7.95. The number of aliphatic hydroxyl groups is 1. The second kappa shape index (κ2) is 5.04. The Morgan fingerprint density at radius 3 is 2.95 bits per heavy atom. The van der Waals surface area contributed by atoms with Crippen LogP contribution in [0.1, 0.15) is 40.5 Å². The molecule has 2 unspecified atom stereocenters. The van der Waals surface area contributed by atoms with E-state index in [1.165, 1.54) is 0 Å². The number of benzene rings is 1. The van der Waals surface area contributed by atoms with Gasteiger partial charge in [-0.1, -0.05) is 18.2 Å². The molecule has 0 spiro atoms. The molecule has 1 aliphatic rings. The smallest absolute Gasteiger partial charge is 0.231 e. The maximum Gasteiger partial charge on any atom is 0.231 e. The van der Waals surface area contributed by atoms with Crippen LogP contribution in [0.5, 0.6) is 0 Å². The summed E-state index contributed by atoms with van der Waals surface area (Å²) < 4.78 is 0. The molecule has 0 saturated carbocycles. The molecule has 0 saturated heterocycles. The Kier molecular flexibility index (Phi) is 3.36. The quantitative estimate of drug-likeness (QED) is 0.909. The van der Waals surface area contributed by atoms with Crippen LogP contribution in [-0.2, 0) is 11.2 Å². The molecule has 20 heavy (non-hydrogen) atoms. The van der Waals surface area contributed by atoms with Crippen LogP contribution in [0, 0.1) is 6.92 Å². The predicted octanol–water partition coefficient (Wildman–Crippen LogP) is 3.39. The third-order valence-corrected chi connectivity index (χ3v) is 4.75. The van der Waals surface area contributed by atoms with E-state index >= 15 is 0 Å². The van der Waals surface area contributed by atoms with Crippen molar-refractivity contribution in [2.24, 2.45) is 0 Å². The zero-order chi connectivity index (χ0) is 14.3. The number of fused-ring (bicyclic) bond motifs is 1. The van der Waals surface area contributed by atoms with Crippen molar-refractivity contribution in [1.82, 2.24) is 0 Å². The Morgan fingerprint density at radius 1 is 1.45 bits per heavy atom. The molecule has 0 aliphatic carbocycles. The van der Waals surface area contributed by atoms with Gasteiger partial charge >= 0.3 is 0 Å². The lowest BCUT2D eigenvalue weighted by Gasteiger charge is -2.14. The number of amides is 1. The normalized spacial score (nSPS) is 18.8. The molecule has 1 amide bonds. The van der Waals surface area contributed by atoms with Crippen LogP contribution in [0.25, 0.3) is 0 Å². The van der Waals surface area contributed by atoms with Gasteiger partial charge in [-0.3, -0.25) is 4.79 Å². The molecule has 1 aromatic heterocycles. The Balaban J connectivity index is 1.92. The number of aliphatic hydroxyl groups excluding tert-OH is 1. The van der Waals surface area contributed by atoms with Crippen molar-refractivity contribution in [3.63, 3.8) is 0 Å². The first-order chi connectivity index (χ1) is 9.56. The van der Waals surface area contributed by atoms with E-state index in [2.05, 4.69) is 5.32 Å². The average Bonchev–Trinajstić information content (AvgIpc) is 3.01. The van der Waals surface area contributed by atoms with Gasteiger partial charge in [0.05, 0.1) is 12.0 Å². The molecule has 3 nitrogen and oxygen atoms in total. The summed E-state index contributed by atoms with van der Waals surface area (Å²) in [5, 5.41) is 15.3. The van der Waals surface area contributed by atoms with E-state index in [9.17, 15) is 9.90 Å². The number of thiophene rings is 1. The number of hydrogen-bond acceptors (Lipinski definition) is 3. The van der Waals surface area contributed by atoms with Crippen molar-refractivity contribution >= 4 is 22.9 Å². The van der Waals surface area contributed by atoms with Crippen LogP contribution in [0.2, 0.25) is 0 Å². The molecule has 2 aromatic rings. The Morgan fingerprint density at radius 2 is 2.25 bits per heavy atom. The highest BCUT2D eigenvalue weighted by molar-refractivity contribution is 7.09. The summed E-state index contributed by atoms with van der Waals surface area (Å²) in [7, 11) is 0. The molecule has 0 bridgehead atoms. The highest BCUT2D eigenvalue weighted by Gasteiger charge is 2.28. The van der Waals surface area contributed by atoms with E-state index in [4.69, 9.17) is 0 Å². The van der Waals surface area contributed by atoms with Crippen LogP contribution in [0.15, 0.2) is 29.6 Å². The van der Waals surface area contributed by atoms with Gasteiger partial charge in [0, 0.05) is 17.0 Å². The van der Waals surface area contributed by atoms with Crippen molar-refractivity contribution < 1.29 is 9.90 Å². The third kappa shape index (κ3) is 2.25. The Labute approximate surface area is 122 Å². The van der Waals surface area contributed by atoms with Crippen molar-refractivity contribution in [3.8, 4) is 0 Å². The summed E-state index contributed by atoms with van der Waals surface area (Å²) >= 11 is 1.65. The summed E-state index contributed by atoms with van der Waals surface area (Å²) in [6.45, 7) is 3.87. The topological polar surface area (TPSA) is 49.3 Å². The first kappa shape index (κ1) is 13.3. The number of anilines is 1. The first-order valence-electron chi connectivity index (χ1n) is 6.72. The maximum atomic E-state index is 11.7. The lowest BCUT2D eigenvalue weighted by atomic mass is 9.94.